The summed E-state index contributed by atoms with van der Waals surface area (Å²) in [5.41, 5.74) is 0.679. The molecule has 0 heterocycles. The summed E-state index contributed by atoms with van der Waals surface area (Å²) in [5, 5.41) is 11.4. The predicted octanol–water partition coefficient (Wildman–Crippen LogP) is 12.4. The summed E-state index contributed by atoms with van der Waals surface area (Å²) in [7, 11) is 0. The van der Waals surface area contributed by atoms with Crippen LogP contribution >= 0.6 is 0 Å². The molecule has 0 aliphatic heterocycles. The van der Waals surface area contributed by atoms with Gasteiger partial charge >= 0.3 is 11.9 Å². The van der Waals surface area contributed by atoms with E-state index in [2.05, 4.69) is 106 Å². The van der Waals surface area contributed by atoms with Gasteiger partial charge in [0.25, 0.3) is 0 Å². The Bertz CT molecular complexity index is 1410. The van der Waals surface area contributed by atoms with Gasteiger partial charge < -0.3 is 15.2 Å². The van der Waals surface area contributed by atoms with Crippen LogP contribution in [-0.2, 0) is 19.1 Å². The van der Waals surface area contributed by atoms with Gasteiger partial charge in [0.15, 0.2) is 0 Å². The summed E-state index contributed by atoms with van der Waals surface area (Å²) in [4.78, 5) is 35.9. The van der Waals surface area contributed by atoms with Gasteiger partial charge in [0.1, 0.15) is 12.6 Å². The molecule has 0 aromatic heterocycles. The van der Waals surface area contributed by atoms with Crippen LogP contribution in [-0.4, -0.2) is 35.6 Å². The maximum atomic E-state index is 12.9. The standard InChI is InChI=1S/C50H77NO5/c1-5-6-7-8-9-10-11-12-13-14-15-16-17-18-19-20-21-22-23-24-25-26-48(55)56-41-33-35-49(3)40(37-41)28-29-42-44-31-30-43(50(44,4)36-34-45(42)49)39(2)27-32-46(52)51-38-47(53)54/h6-7,9-10,12-13,15-16,18-19,21-22,39-45H,5,8,11,14,17,20,23-38H2,1-4H3,(H,51,52)(H,53,54)/b7-6-,10-9-,13-12-,16-15-,19-18-,22-21-. The Morgan fingerprint density at radius 2 is 1.30 bits per heavy atom. The van der Waals surface area contributed by atoms with Gasteiger partial charge in [-0.1, -0.05) is 101 Å². The van der Waals surface area contributed by atoms with Crippen molar-refractivity contribution in [1.29, 1.82) is 0 Å². The molecule has 9 unspecified atom stereocenters. The highest BCUT2D eigenvalue weighted by molar-refractivity contribution is 5.81. The highest BCUT2D eigenvalue weighted by Crippen LogP contribution is 2.68. The fourth-order valence-corrected chi connectivity index (χ4v) is 11.5. The number of carbonyl (C=O) groups is 3. The van der Waals surface area contributed by atoms with Crippen molar-refractivity contribution < 1.29 is 24.2 Å². The van der Waals surface area contributed by atoms with Crippen LogP contribution in [0, 0.1) is 46.3 Å². The summed E-state index contributed by atoms with van der Waals surface area (Å²) in [6, 6.07) is 0. The van der Waals surface area contributed by atoms with E-state index >= 15 is 0 Å². The zero-order valence-electron chi connectivity index (χ0n) is 35.6. The molecule has 0 radical (unpaired) electrons. The molecular weight excluding hydrogens is 695 g/mol. The second-order valence-electron chi connectivity index (χ2n) is 18.1. The number of esters is 1. The molecule has 9 atom stereocenters. The summed E-state index contributed by atoms with van der Waals surface area (Å²) in [6.07, 6.45) is 48.5. The molecule has 0 bridgehead atoms. The quantitative estimate of drug-likeness (QED) is 0.0613. The van der Waals surface area contributed by atoms with E-state index in [1.807, 2.05) is 0 Å². The van der Waals surface area contributed by atoms with Gasteiger partial charge in [-0.25, -0.2) is 0 Å². The van der Waals surface area contributed by atoms with E-state index in [0.29, 0.717) is 41.4 Å². The average molecular weight is 772 g/mol. The van der Waals surface area contributed by atoms with Gasteiger partial charge in [0, 0.05) is 12.8 Å². The monoisotopic (exact) mass is 772 g/mol. The number of hydrogen-bond donors (Lipinski definition) is 2. The number of nitrogens with one attached hydrogen (secondary N) is 1. The minimum absolute atomic E-state index is 0.00559. The van der Waals surface area contributed by atoms with Gasteiger partial charge in [-0.15, -0.1) is 0 Å². The molecule has 6 nitrogen and oxygen atoms in total. The Kier molecular flexibility index (Phi) is 19.5. The number of hydrogen-bond acceptors (Lipinski definition) is 4. The summed E-state index contributed by atoms with van der Waals surface area (Å²) >= 11 is 0. The first kappa shape index (κ1) is 45.6. The third-order valence-corrected chi connectivity index (χ3v) is 14.5. The maximum Gasteiger partial charge on any atom is 0.322 e. The van der Waals surface area contributed by atoms with Gasteiger partial charge in [-0.2, -0.15) is 0 Å². The Labute approximate surface area is 340 Å². The Balaban J connectivity index is 1.07. The number of fused-ring (bicyclic) bond motifs is 5. The summed E-state index contributed by atoms with van der Waals surface area (Å²) in [5.74, 6) is 2.90. The summed E-state index contributed by atoms with van der Waals surface area (Å²) < 4.78 is 6.12. The molecule has 0 saturated heterocycles. The molecule has 4 fully saturated rings. The Morgan fingerprint density at radius 1 is 0.714 bits per heavy atom. The van der Waals surface area contributed by atoms with Crippen LogP contribution in [0.5, 0.6) is 0 Å². The SMILES string of the molecule is CC/C=C\C/C=C\C/C=C\C/C=C\C/C=C\C/C=C\CCCCC(=O)OC1CCC2(C)C(CCC3C2CCC2(C)C(C(C)CCC(=O)NCC(=O)O)CCC32)C1. The number of unbranched alkanes of at least 4 members (excludes halogenated alkanes) is 2. The second kappa shape index (κ2) is 23.9. The van der Waals surface area contributed by atoms with Crippen LogP contribution in [0.25, 0.3) is 0 Å². The van der Waals surface area contributed by atoms with Crippen LogP contribution in [0.15, 0.2) is 72.9 Å². The number of carboxylic acids is 1. The van der Waals surface area contributed by atoms with Crippen LogP contribution in [0.3, 0.4) is 0 Å². The fraction of sp³-hybridized carbons (Fsp3) is 0.700. The van der Waals surface area contributed by atoms with Crippen molar-refractivity contribution in [3.63, 3.8) is 0 Å². The molecule has 0 aromatic rings. The largest absolute Gasteiger partial charge is 0.480 e. The molecule has 2 N–H and O–H groups in total. The van der Waals surface area contributed by atoms with E-state index in [1.165, 1.54) is 44.9 Å². The minimum Gasteiger partial charge on any atom is -0.480 e. The molecule has 1 amide bonds. The lowest BCUT2D eigenvalue weighted by Gasteiger charge is -2.61. The van der Waals surface area contributed by atoms with E-state index in [-0.39, 0.29) is 24.5 Å². The van der Waals surface area contributed by atoms with E-state index in [1.54, 1.807) is 0 Å². The van der Waals surface area contributed by atoms with Crippen molar-refractivity contribution in [3.05, 3.63) is 72.9 Å². The van der Waals surface area contributed by atoms with Crippen molar-refractivity contribution in [2.75, 3.05) is 6.54 Å². The Morgan fingerprint density at radius 3 is 1.93 bits per heavy atom. The molecular formula is C50H77NO5. The first-order valence-electron chi connectivity index (χ1n) is 22.7. The molecule has 0 aromatic carbocycles. The third-order valence-electron chi connectivity index (χ3n) is 14.5. The molecule has 4 aliphatic carbocycles. The van der Waals surface area contributed by atoms with Crippen molar-refractivity contribution in [2.45, 2.75) is 169 Å². The number of aliphatic carboxylic acids is 1. The minimum atomic E-state index is -0.994. The van der Waals surface area contributed by atoms with Crippen LogP contribution < -0.4 is 5.32 Å². The smallest absolute Gasteiger partial charge is 0.322 e. The molecule has 56 heavy (non-hydrogen) atoms. The lowest BCUT2D eigenvalue weighted by Crippen LogP contribution is -2.54. The molecule has 4 saturated carbocycles. The predicted molar refractivity (Wildman–Crippen MR) is 231 cm³/mol. The number of carboxylic acid groups (broad SMARTS) is 1. The highest BCUT2D eigenvalue weighted by Gasteiger charge is 2.60. The Hall–Kier alpha value is -3.15. The number of ether oxygens (including phenoxy) is 1. The van der Waals surface area contributed by atoms with Crippen molar-refractivity contribution in [1.82, 2.24) is 5.32 Å². The first-order chi connectivity index (χ1) is 27.1. The third kappa shape index (κ3) is 13.8. The molecule has 4 rings (SSSR count). The van der Waals surface area contributed by atoms with E-state index < -0.39 is 5.97 Å². The van der Waals surface area contributed by atoms with E-state index in [9.17, 15) is 14.4 Å². The van der Waals surface area contributed by atoms with Gasteiger partial charge in [0.2, 0.25) is 5.91 Å². The van der Waals surface area contributed by atoms with E-state index in [0.717, 1.165) is 94.8 Å². The number of rotatable bonds is 23. The van der Waals surface area contributed by atoms with Crippen molar-refractivity contribution in [3.8, 4) is 0 Å². The topological polar surface area (TPSA) is 92.7 Å². The van der Waals surface area contributed by atoms with Crippen LogP contribution in [0.4, 0.5) is 0 Å². The molecule has 4 aliphatic rings. The second-order valence-corrected chi connectivity index (χ2v) is 18.1. The molecule has 0 spiro atoms. The van der Waals surface area contributed by atoms with Crippen LogP contribution in [0.2, 0.25) is 0 Å². The fourth-order valence-electron chi connectivity index (χ4n) is 11.5. The zero-order valence-corrected chi connectivity index (χ0v) is 35.6. The lowest BCUT2D eigenvalue weighted by molar-refractivity contribution is -0.162. The van der Waals surface area contributed by atoms with Crippen molar-refractivity contribution in [2.24, 2.45) is 46.3 Å². The number of carbonyl (C=O) groups excluding carboxylic acids is 2. The zero-order chi connectivity index (χ0) is 40.2. The summed E-state index contributed by atoms with van der Waals surface area (Å²) in [6.45, 7) is 9.32. The normalized spacial score (nSPS) is 31.1. The number of allylic oxidation sites excluding steroid dienone is 12. The van der Waals surface area contributed by atoms with Gasteiger partial charge in [-0.3, -0.25) is 14.4 Å². The maximum absolute atomic E-state index is 12.9. The van der Waals surface area contributed by atoms with Gasteiger partial charge in [-0.05, 0) is 168 Å². The first-order valence-corrected chi connectivity index (χ1v) is 22.7. The molecule has 6 heteroatoms. The number of amides is 1. The van der Waals surface area contributed by atoms with Crippen molar-refractivity contribution >= 4 is 17.8 Å². The lowest BCUT2D eigenvalue weighted by atomic mass is 9.44. The van der Waals surface area contributed by atoms with Crippen LogP contribution in [0.1, 0.15) is 163 Å². The highest BCUT2D eigenvalue weighted by atomic mass is 16.5. The van der Waals surface area contributed by atoms with E-state index in [4.69, 9.17) is 9.84 Å². The molecule has 312 valence electrons. The van der Waals surface area contributed by atoms with Gasteiger partial charge in [0.05, 0.1) is 0 Å². The average Bonchev–Trinajstić information content (AvgIpc) is 3.54.